The smallest absolute Gasteiger partial charge is 0.224 e. The molecule has 1 amide bonds. The van der Waals surface area contributed by atoms with Crippen LogP contribution in [-0.2, 0) is 4.79 Å². The fraction of sp³-hybridized carbons (Fsp3) is 0.148. The van der Waals surface area contributed by atoms with Gasteiger partial charge in [0.25, 0.3) is 0 Å². The Bertz CT molecular complexity index is 1700. The highest BCUT2D eigenvalue weighted by atomic mass is 32.1. The van der Waals surface area contributed by atoms with Crippen molar-refractivity contribution in [1.29, 1.82) is 0 Å². The number of carbonyl (C=O) groups excluding carboxylic acids is 1. The van der Waals surface area contributed by atoms with Crippen LogP contribution in [0.5, 0.6) is 0 Å². The lowest BCUT2D eigenvalue weighted by molar-refractivity contribution is -0.116. The highest BCUT2D eigenvalue weighted by Gasteiger charge is 2.16. The third-order valence-electron chi connectivity index (χ3n) is 5.94. The van der Waals surface area contributed by atoms with E-state index >= 15 is 0 Å². The molecule has 5 aromatic heterocycles. The number of aromatic amines is 2. The van der Waals surface area contributed by atoms with E-state index in [1.807, 2.05) is 38.1 Å². The summed E-state index contributed by atoms with van der Waals surface area (Å²) in [6.07, 6.45) is 5.63. The summed E-state index contributed by atoms with van der Waals surface area (Å²) in [5.74, 6) is 0.954. The van der Waals surface area contributed by atoms with Crippen molar-refractivity contribution in [3.63, 3.8) is 0 Å². The van der Waals surface area contributed by atoms with E-state index in [4.69, 9.17) is 4.98 Å². The average Bonchev–Trinajstić information content (AvgIpc) is 3.62. The number of benzene rings is 1. The van der Waals surface area contributed by atoms with Gasteiger partial charge in [0.15, 0.2) is 11.5 Å². The van der Waals surface area contributed by atoms with Crippen molar-refractivity contribution in [2.45, 2.75) is 20.3 Å². The number of imidazole rings is 1. The van der Waals surface area contributed by atoms with Gasteiger partial charge in [0.2, 0.25) is 5.91 Å². The Labute approximate surface area is 210 Å². The predicted molar refractivity (Wildman–Crippen MR) is 144 cm³/mol. The van der Waals surface area contributed by atoms with Crippen LogP contribution in [0.15, 0.2) is 65.7 Å². The van der Waals surface area contributed by atoms with Crippen LogP contribution in [0, 0.1) is 5.92 Å². The van der Waals surface area contributed by atoms with Crippen molar-refractivity contribution in [3.05, 3.63) is 65.7 Å². The molecule has 3 N–H and O–H groups in total. The van der Waals surface area contributed by atoms with Crippen LogP contribution >= 0.6 is 11.3 Å². The third kappa shape index (κ3) is 4.14. The molecule has 0 spiro atoms. The maximum Gasteiger partial charge on any atom is 0.224 e. The number of thiophene rings is 1. The van der Waals surface area contributed by atoms with Crippen LogP contribution in [0.3, 0.4) is 0 Å². The Hall–Kier alpha value is -4.37. The van der Waals surface area contributed by atoms with Gasteiger partial charge in [-0.3, -0.25) is 14.9 Å². The number of nitrogens with zero attached hydrogens (tertiary/aromatic N) is 4. The van der Waals surface area contributed by atoms with Gasteiger partial charge in [-0.1, -0.05) is 26.0 Å². The van der Waals surface area contributed by atoms with E-state index in [1.54, 1.807) is 29.9 Å². The van der Waals surface area contributed by atoms with E-state index in [0.717, 1.165) is 44.4 Å². The lowest BCUT2D eigenvalue weighted by Crippen LogP contribution is -2.13. The highest BCUT2D eigenvalue weighted by Crippen LogP contribution is 2.33. The van der Waals surface area contributed by atoms with Gasteiger partial charge in [-0.25, -0.2) is 9.97 Å². The van der Waals surface area contributed by atoms with E-state index in [2.05, 4.69) is 53.4 Å². The monoisotopic (exact) mass is 493 g/mol. The van der Waals surface area contributed by atoms with E-state index < -0.39 is 0 Å². The van der Waals surface area contributed by atoms with Gasteiger partial charge in [0.1, 0.15) is 5.69 Å². The minimum atomic E-state index is -0.0265. The van der Waals surface area contributed by atoms with E-state index in [0.29, 0.717) is 23.6 Å². The molecule has 6 rings (SSSR count). The summed E-state index contributed by atoms with van der Waals surface area (Å²) in [5.41, 5.74) is 7.83. The number of carbonyl (C=O) groups is 1. The second kappa shape index (κ2) is 9.01. The number of pyridine rings is 2. The van der Waals surface area contributed by atoms with Gasteiger partial charge in [0, 0.05) is 35.5 Å². The number of H-pyrrole nitrogens is 2. The average molecular weight is 494 g/mol. The van der Waals surface area contributed by atoms with Gasteiger partial charge < -0.3 is 10.3 Å². The molecule has 1 aromatic carbocycles. The van der Waals surface area contributed by atoms with Crippen LogP contribution in [0.4, 0.5) is 5.69 Å². The first-order valence-electron chi connectivity index (χ1n) is 11.7. The normalized spacial score (nSPS) is 11.5. The van der Waals surface area contributed by atoms with Crippen molar-refractivity contribution in [2.75, 3.05) is 5.32 Å². The first kappa shape index (κ1) is 22.1. The summed E-state index contributed by atoms with van der Waals surface area (Å²) in [7, 11) is 0. The topological polar surface area (TPSA) is 112 Å². The zero-order valence-electron chi connectivity index (χ0n) is 19.7. The number of fused-ring (bicyclic) bond motifs is 2. The third-order valence-corrected chi connectivity index (χ3v) is 6.62. The molecule has 8 nitrogen and oxygen atoms in total. The van der Waals surface area contributed by atoms with Crippen molar-refractivity contribution in [1.82, 2.24) is 30.1 Å². The highest BCUT2D eigenvalue weighted by molar-refractivity contribution is 7.08. The van der Waals surface area contributed by atoms with Crippen molar-refractivity contribution in [3.8, 4) is 33.8 Å². The molecule has 0 fully saturated rings. The molecule has 6 aromatic rings. The van der Waals surface area contributed by atoms with Crippen LogP contribution in [0.1, 0.15) is 20.3 Å². The molecule has 36 heavy (non-hydrogen) atoms. The van der Waals surface area contributed by atoms with Crippen molar-refractivity contribution in [2.24, 2.45) is 5.92 Å². The Morgan fingerprint density at radius 2 is 1.97 bits per heavy atom. The molecule has 0 saturated carbocycles. The molecule has 0 saturated heterocycles. The quantitative estimate of drug-likeness (QED) is 0.253. The van der Waals surface area contributed by atoms with Gasteiger partial charge in [-0.2, -0.15) is 16.4 Å². The maximum atomic E-state index is 12.2. The van der Waals surface area contributed by atoms with E-state index in [9.17, 15) is 4.79 Å². The SMILES string of the molecule is CC(C)CC(=O)Nc1cncc(-c2cnc3n[nH]c(-c4nc5c(-c6ccsc6)cccc5[nH]4)c3c2)c1. The zero-order valence-corrected chi connectivity index (χ0v) is 20.6. The summed E-state index contributed by atoms with van der Waals surface area (Å²) >= 11 is 1.66. The fourth-order valence-corrected chi connectivity index (χ4v) is 4.94. The summed E-state index contributed by atoms with van der Waals surface area (Å²) in [4.78, 5) is 29.4. The summed E-state index contributed by atoms with van der Waals surface area (Å²) in [5, 5.41) is 15.5. The lowest BCUT2D eigenvalue weighted by atomic mass is 10.1. The van der Waals surface area contributed by atoms with Crippen LogP contribution in [0.25, 0.3) is 55.8 Å². The Morgan fingerprint density at radius 1 is 1.08 bits per heavy atom. The van der Waals surface area contributed by atoms with Crippen molar-refractivity contribution < 1.29 is 4.79 Å². The Kier molecular flexibility index (Phi) is 5.54. The first-order valence-corrected chi connectivity index (χ1v) is 12.6. The molecule has 0 radical (unpaired) electrons. The number of aromatic nitrogens is 6. The van der Waals surface area contributed by atoms with E-state index in [1.165, 1.54) is 0 Å². The minimum Gasteiger partial charge on any atom is -0.337 e. The molecule has 0 bridgehead atoms. The predicted octanol–water partition coefficient (Wildman–Crippen LogP) is 6.28. The molecule has 5 heterocycles. The number of rotatable bonds is 6. The molecular formula is C27H23N7OS. The second-order valence-electron chi connectivity index (χ2n) is 9.10. The number of hydrogen-bond acceptors (Lipinski definition) is 6. The van der Waals surface area contributed by atoms with E-state index in [-0.39, 0.29) is 11.8 Å². The molecule has 178 valence electrons. The Morgan fingerprint density at radius 3 is 2.81 bits per heavy atom. The Balaban J connectivity index is 1.38. The van der Waals surface area contributed by atoms with Gasteiger partial charge in [0.05, 0.1) is 28.3 Å². The first-order chi connectivity index (χ1) is 17.5. The molecule has 9 heteroatoms. The largest absolute Gasteiger partial charge is 0.337 e. The van der Waals surface area contributed by atoms with Gasteiger partial charge in [-0.05, 0) is 46.5 Å². The molecule has 0 aliphatic carbocycles. The molecule has 0 atom stereocenters. The maximum absolute atomic E-state index is 12.2. The summed E-state index contributed by atoms with van der Waals surface area (Å²) in [6.45, 7) is 4.03. The number of hydrogen-bond donors (Lipinski definition) is 3. The van der Waals surface area contributed by atoms with Crippen molar-refractivity contribution >= 4 is 45.0 Å². The minimum absolute atomic E-state index is 0.0265. The molecule has 0 unspecified atom stereocenters. The molecule has 0 aliphatic rings. The fourth-order valence-electron chi connectivity index (χ4n) is 4.29. The number of anilines is 1. The molecule has 0 aliphatic heterocycles. The second-order valence-corrected chi connectivity index (χ2v) is 9.88. The van der Waals surface area contributed by atoms with Gasteiger partial charge in [-0.15, -0.1) is 0 Å². The van der Waals surface area contributed by atoms with Crippen LogP contribution in [0.2, 0.25) is 0 Å². The van der Waals surface area contributed by atoms with Crippen LogP contribution in [-0.4, -0.2) is 36.0 Å². The van der Waals surface area contributed by atoms with Crippen LogP contribution < -0.4 is 5.32 Å². The summed E-state index contributed by atoms with van der Waals surface area (Å²) in [6, 6.07) is 12.2. The molecular weight excluding hydrogens is 470 g/mol. The lowest BCUT2D eigenvalue weighted by Gasteiger charge is -2.08. The van der Waals surface area contributed by atoms with Gasteiger partial charge >= 0.3 is 0 Å². The number of nitrogens with one attached hydrogen (secondary N) is 3. The standard InChI is InChI=1S/C27H23N7OS/c1-15(2)8-23(35)30-19-9-17(11-28-13-19)18-10-21-25(33-34-26(21)29-12-18)27-31-22-5-3-4-20(24(22)32-27)16-6-7-36-14-16/h3-7,9-15H,8H2,1-2H3,(H,30,35)(H,31,32)(H,29,33,34). The zero-order chi connectivity index (χ0) is 24.6. The number of amides is 1. The summed E-state index contributed by atoms with van der Waals surface area (Å²) < 4.78 is 0. The number of para-hydroxylation sites is 1.